The van der Waals surface area contributed by atoms with Crippen LogP contribution in [0.25, 0.3) is 32.5 Å². The van der Waals surface area contributed by atoms with Crippen LogP contribution < -0.4 is 4.74 Å². The number of hydrogen-bond acceptors (Lipinski definition) is 7. The zero-order chi connectivity index (χ0) is 20.9. The first-order chi connectivity index (χ1) is 13.8. The maximum absolute atomic E-state index is 12.8. The number of thiazole rings is 1. The van der Waals surface area contributed by atoms with Gasteiger partial charge in [-0.05, 0) is 25.1 Å². The molecule has 0 radical (unpaired) electrons. The topological polar surface area (TPSA) is 116 Å². The number of carboxylic acids is 1. The van der Waals surface area contributed by atoms with Gasteiger partial charge in [0.2, 0.25) is 0 Å². The Morgan fingerprint density at radius 2 is 2.10 bits per heavy atom. The third-order valence-electron chi connectivity index (χ3n) is 4.22. The lowest BCUT2D eigenvalue weighted by atomic mass is 10.1. The van der Waals surface area contributed by atoms with Crippen LogP contribution >= 0.6 is 11.3 Å². The van der Waals surface area contributed by atoms with Gasteiger partial charge in [-0.3, -0.25) is 10.1 Å². The van der Waals surface area contributed by atoms with Crippen molar-refractivity contribution in [3.05, 3.63) is 51.0 Å². The Morgan fingerprint density at radius 1 is 1.34 bits per heavy atom. The highest BCUT2D eigenvalue weighted by atomic mass is 32.1. The van der Waals surface area contributed by atoms with Crippen molar-refractivity contribution in [1.82, 2.24) is 4.98 Å². The summed E-state index contributed by atoms with van der Waals surface area (Å²) < 4.78 is 35.8. The summed E-state index contributed by atoms with van der Waals surface area (Å²) in [5.41, 5.74) is 0.228. The molecule has 0 aliphatic heterocycles. The minimum Gasteiger partial charge on any atom is -0.476 e. The number of nitro benzene ring substituents is 1. The molecule has 0 aliphatic rings. The number of hydrogen-bond donors (Lipinski definition) is 1. The number of nitro groups is 1. The van der Waals surface area contributed by atoms with E-state index in [0.717, 1.165) is 11.3 Å². The number of aromatic carboxylic acids is 1. The highest BCUT2D eigenvalue weighted by molar-refractivity contribution is 7.15. The van der Waals surface area contributed by atoms with Gasteiger partial charge in [-0.25, -0.2) is 9.78 Å². The number of nitrogens with zero attached hydrogens (tertiary/aromatic N) is 2. The maximum Gasteiger partial charge on any atom is 0.387 e. The molecular formula is C18H10F2N2O6S. The Morgan fingerprint density at radius 3 is 2.72 bits per heavy atom. The second kappa shape index (κ2) is 6.78. The molecule has 0 amide bonds. The number of halogens is 2. The molecule has 0 spiro atoms. The smallest absolute Gasteiger partial charge is 0.387 e. The third-order valence-corrected chi connectivity index (χ3v) is 5.23. The molecule has 2 heterocycles. The van der Waals surface area contributed by atoms with Gasteiger partial charge in [0, 0.05) is 33.3 Å². The molecule has 4 rings (SSSR count). The van der Waals surface area contributed by atoms with Crippen LogP contribution in [0.1, 0.15) is 15.4 Å². The molecule has 8 nitrogen and oxygen atoms in total. The number of rotatable bonds is 5. The Kier molecular flexibility index (Phi) is 4.38. The van der Waals surface area contributed by atoms with E-state index in [-0.39, 0.29) is 33.7 Å². The van der Waals surface area contributed by atoms with Gasteiger partial charge in [0.25, 0.3) is 5.69 Å². The monoisotopic (exact) mass is 420 g/mol. The molecule has 0 saturated heterocycles. The SMILES string of the molecule is Cc1sc(-c2ccc(OC(F)F)c3oc4ccc([N+](=O)[O-])cc4c23)nc1C(=O)O. The number of furan rings is 1. The van der Waals surface area contributed by atoms with Crippen molar-refractivity contribution in [2.75, 3.05) is 0 Å². The van der Waals surface area contributed by atoms with Gasteiger partial charge in [0.1, 0.15) is 10.6 Å². The molecule has 11 heteroatoms. The van der Waals surface area contributed by atoms with Gasteiger partial charge in [0.15, 0.2) is 17.0 Å². The van der Waals surface area contributed by atoms with Crippen molar-refractivity contribution in [3.8, 4) is 16.3 Å². The number of non-ortho nitro benzene ring substituents is 1. The van der Waals surface area contributed by atoms with E-state index < -0.39 is 17.5 Å². The molecule has 0 aliphatic carbocycles. The highest BCUT2D eigenvalue weighted by Crippen LogP contribution is 2.43. The Hall–Kier alpha value is -3.60. The second-order valence-corrected chi connectivity index (χ2v) is 7.17. The van der Waals surface area contributed by atoms with Crippen molar-refractivity contribution in [1.29, 1.82) is 0 Å². The number of benzene rings is 2. The van der Waals surface area contributed by atoms with Crippen LogP contribution in [0.15, 0.2) is 34.7 Å². The Labute approximate surface area is 164 Å². The number of aryl methyl sites for hydroxylation is 1. The molecule has 0 unspecified atom stereocenters. The van der Waals surface area contributed by atoms with Crippen LogP contribution in [0.3, 0.4) is 0 Å². The van der Waals surface area contributed by atoms with Crippen molar-refractivity contribution < 1.29 is 32.8 Å². The molecule has 29 heavy (non-hydrogen) atoms. The first-order valence-corrected chi connectivity index (χ1v) is 8.87. The van der Waals surface area contributed by atoms with Crippen LogP contribution in [-0.2, 0) is 0 Å². The van der Waals surface area contributed by atoms with E-state index in [1.54, 1.807) is 6.92 Å². The highest BCUT2D eigenvalue weighted by Gasteiger charge is 2.23. The van der Waals surface area contributed by atoms with Gasteiger partial charge < -0.3 is 14.3 Å². The predicted octanol–water partition coefficient (Wildman–Crippen LogP) is 5.23. The van der Waals surface area contributed by atoms with E-state index in [9.17, 15) is 28.8 Å². The van der Waals surface area contributed by atoms with Gasteiger partial charge >= 0.3 is 12.6 Å². The summed E-state index contributed by atoms with van der Waals surface area (Å²) >= 11 is 1.10. The fourth-order valence-electron chi connectivity index (χ4n) is 3.04. The number of fused-ring (bicyclic) bond motifs is 3. The van der Waals surface area contributed by atoms with Crippen molar-refractivity contribution >= 4 is 44.9 Å². The Balaban J connectivity index is 2.07. The summed E-state index contributed by atoms with van der Waals surface area (Å²) in [6.45, 7) is -1.51. The van der Waals surface area contributed by atoms with Gasteiger partial charge in [0.05, 0.1) is 4.92 Å². The Bertz CT molecular complexity index is 1300. The summed E-state index contributed by atoms with van der Waals surface area (Å²) in [6.07, 6.45) is 0. The number of carbonyl (C=O) groups is 1. The molecule has 2 aromatic heterocycles. The largest absolute Gasteiger partial charge is 0.476 e. The molecular weight excluding hydrogens is 410 g/mol. The predicted molar refractivity (Wildman–Crippen MR) is 99.8 cm³/mol. The van der Waals surface area contributed by atoms with Gasteiger partial charge in [-0.2, -0.15) is 8.78 Å². The summed E-state index contributed by atoms with van der Waals surface area (Å²) in [5.74, 6) is -1.45. The molecule has 148 valence electrons. The van der Waals surface area contributed by atoms with E-state index in [1.165, 1.54) is 30.3 Å². The van der Waals surface area contributed by atoms with Crippen molar-refractivity contribution in [2.24, 2.45) is 0 Å². The molecule has 0 atom stereocenters. The molecule has 0 fully saturated rings. The first-order valence-electron chi connectivity index (χ1n) is 8.06. The standard InChI is InChI=1S/C18H10F2N2O6S/c1-7-14(17(23)24)21-16(29-7)9-3-5-12(28-18(19)20)15-13(9)10-6-8(22(25)26)2-4-11(10)27-15/h2-6,18H,1H3,(H,23,24). The van der Waals surface area contributed by atoms with E-state index in [0.29, 0.717) is 20.8 Å². The molecule has 0 saturated carbocycles. The molecule has 0 bridgehead atoms. The van der Waals surface area contributed by atoms with E-state index in [4.69, 9.17) is 4.42 Å². The minimum atomic E-state index is -3.10. The third kappa shape index (κ3) is 3.14. The first kappa shape index (κ1) is 18.7. The summed E-state index contributed by atoms with van der Waals surface area (Å²) in [6, 6.07) is 6.55. The molecule has 1 N–H and O–H groups in total. The van der Waals surface area contributed by atoms with Crippen LogP contribution in [0.2, 0.25) is 0 Å². The molecule has 2 aromatic carbocycles. The van der Waals surface area contributed by atoms with Crippen LogP contribution in [0, 0.1) is 17.0 Å². The minimum absolute atomic E-state index is 0.0389. The maximum atomic E-state index is 12.8. The number of aromatic nitrogens is 1. The van der Waals surface area contributed by atoms with E-state index in [1.807, 2.05) is 0 Å². The lowest BCUT2D eigenvalue weighted by Crippen LogP contribution is -2.02. The quantitative estimate of drug-likeness (QED) is 0.347. The summed E-state index contributed by atoms with van der Waals surface area (Å²) in [5, 5.41) is 21.3. The fraction of sp³-hybridized carbons (Fsp3) is 0.111. The van der Waals surface area contributed by atoms with Gasteiger partial charge in [-0.15, -0.1) is 11.3 Å². The van der Waals surface area contributed by atoms with Crippen molar-refractivity contribution in [3.63, 3.8) is 0 Å². The van der Waals surface area contributed by atoms with Crippen LogP contribution in [0.4, 0.5) is 14.5 Å². The second-order valence-electron chi connectivity index (χ2n) is 5.96. The lowest BCUT2D eigenvalue weighted by molar-refractivity contribution is -0.384. The zero-order valence-corrected chi connectivity index (χ0v) is 15.3. The van der Waals surface area contributed by atoms with Crippen LogP contribution in [-0.4, -0.2) is 27.6 Å². The number of carboxylic acid groups (broad SMARTS) is 1. The molecule has 4 aromatic rings. The normalized spacial score (nSPS) is 11.4. The average molecular weight is 420 g/mol. The zero-order valence-electron chi connectivity index (χ0n) is 14.5. The summed E-state index contributed by atoms with van der Waals surface area (Å²) in [4.78, 5) is 26.5. The van der Waals surface area contributed by atoms with E-state index in [2.05, 4.69) is 9.72 Å². The average Bonchev–Trinajstić information content (AvgIpc) is 3.22. The van der Waals surface area contributed by atoms with Crippen molar-refractivity contribution in [2.45, 2.75) is 13.5 Å². The summed E-state index contributed by atoms with van der Waals surface area (Å²) in [7, 11) is 0. The number of alkyl halides is 2. The van der Waals surface area contributed by atoms with E-state index >= 15 is 0 Å². The van der Waals surface area contributed by atoms with Crippen LogP contribution in [0.5, 0.6) is 5.75 Å². The number of ether oxygens (including phenoxy) is 1. The van der Waals surface area contributed by atoms with Gasteiger partial charge in [-0.1, -0.05) is 0 Å². The lowest BCUT2D eigenvalue weighted by Gasteiger charge is -2.07. The fourth-order valence-corrected chi connectivity index (χ4v) is 3.97.